The van der Waals surface area contributed by atoms with Crippen LogP contribution in [0.4, 0.5) is 4.39 Å². The van der Waals surface area contributed by atoms with Crippen LogP contribution in [0.1, 0.15) is 10.5 Å². The lowest BCUT2D eigenvalue weighted by Crippen LogP contribution is -2.05. The molecule has 0 aliphatic carbocycles. The fraction of sp³-hybridized carbons (Fsp3) is 0.0769. The molecular formula is C13H9ClFNO2. The molecule has 0 bridgehead atoms. The van der Waals surface area contributed by atoms with Gasteiger partial charge in [0.15, 0.2) is 5.69 Å². The van der Waals surface area contributed by atoms with Crippen molar-refractivity contribution >= 4 is 17.6 Å². The largest absolute Gasteiger partial charge is 0.464 e. The molecule has 0 spiro atoms. The molecule has 92 valence electrons. The van der Waals surface area contributed by atoms with Crippen molar-refractivity contribution in [2.45, 2.75) is 0 Å². The Labute approximate surface area is 108 Å². The van der Waals surface area contributed by atoms with Gasteiger partial charge in [-0.1, -0.05) is 11.6 Å². The van der Waals surface area contributed by atoms with Gasteiger partial charge in [-0.25, -0.2) is 14.2 Å². The minimum Gasteiger partial charge on any atom is -0.464 e. The molecule has 1 heterocycles. The van der Waals surface area contributed by atoms with Crippen molar-refractivity contribution in [1.82, 2.24) is 4.98 Å². The third kappa shape index (κ3) is 2.49. The second kappa shape index (κ2) is 5.14. The molecule has 3 nitrogen and oxygen atoms in total. The molecule has 18 heavy (non-hydrogen) atoms. The predicted octanol–water partition coefficient (Wildman–Crippen LogP) is 3.33. The van der Waals surface area contributed by atoms with E-state index in [2.05, 4.69) is 9.72 Å². The Morgan fingerprint density at radius 2 is 1.89 bits per heavy atom. The molecular weight excluding hydrogens is 257 g/mol. The summed E-state index contributed by atoms with van der Waals surface area (Å²) in [6.07, 6.45) is 0. The van der Waals surface area contributed by atoms with Crippen LogP contribution in [0.2, 0.25) is 5.02 Å². The summed E-state index contributed by atoms with van der Waals surface area (Å²) in [4.78, 5) is 15.6. The highest BCUT2D eigenvalue weighted by molar-refractivity contribution is 6.33. The van der Waals surface area contributed by atoms with Gasteiger partial charge in [0, 0.05) is 5.56 Å². The van der Waals surface area contributed by atoms with Crippen LogP contribution in [0.5, 0.6) is 0 Å². The van der Waals surface area contributed by atoms with E-state index < -0.39 is 5.97 Å². The standard InChI is InChI=1S/C13H9ClFNO2/c1-18-13(17)12-10(14)6-7-11(16-12)8-2-4-9(15)5-3-8/h2-7H,1H3. The smallest absolute Gasteiger partial charge is 0.358 e. The predicted molar refractivity (Wildman–Crippen MR) is 66.0 cm³/mol. The lowest BCUT2D eigenvalue weighted by atomic mass is 10.1. The van der Waals surface area contributed by atoms with Crippen LogP contribution in [0.15, 0.2) is 36.4 Å². The molecule has 0 aliphatic rings. The molecule has 0 atom stereocenters. The van der Waals surface area contributed by atoms with Crippen molar-refractivity contribution in [3.63, 3.8) is 0 Å². The van der Waals surface area contributed by atoms with Crippen molar-refractivity contribution in [3.8, 4) is 11.3 Å². The summed E-state index contributed by atoms with van der Waals surface area (Å²) in [5.74, 6) is -0.940. The number of methoxy groups -OCH3 is 1. The third-order valence-corrected chi connectivity index (χ3v) is 2.67. The Hall–Kier alpha value is -1.94. The van der Waals surface area contributed by atoms with E-state index in [9.17, 15) is 9.18 Å². The van der Waals surface area contributed by atoms with Gasteiger partial charge in [0.25, 0.3) is 0 Å². The summed E-state index contributed by atoms with van der Waals surface area (Å²) in [6.45, 7) is 0. The molecule has 0 N–H and O–H groups in total. The molecule has 2 aromatic rings. The van der Waals surface area contributed by atoms with Gasteiger partial charge in [-0.3, -0.25) is 0 Å². The molecule has 0 radical (unpaired) electrons. The minimum atomic E-state index is -0.607. The first kappa shape index (κ1) is 12.5. The van der Waals surface area contributed by atoms with E-state index in [0.29, 0.717) is 11.3 Å². The van der Waals surface area contributed by atoms with Crippen LogP contribution < -0.4 is 0 Å². The van der Waals surface area contributed by atoms with Gasteiger partial charge in [0.1, 0.15) is 5.82 Å². The Bertz CT molecular complexity index is 584. The highest BCUT2D eigenvalue weighted by Crippen LogP contribution is 2.22. The number of hydrogen-bond acceptors (Lipinski definition) is 3. The molecule has 2 rings (SSSR count). The molecule has 0 saturated carbocycles. The van der Waals surface area contributed by atoms with E-state index in [1.807, 2.05) is 0 Å². The van der Waals surface area contributed by atoms with Gasteiger partial charge in [0.2, 0.25) is 0 Å². The lowest BCUT2D eigenvalue weighted by molar-refractivity contribution is 0.0594. The summed E-state index contributed by atoms with van der Waals surface area (Å²) in [6, 6.07) is 9.01. The van der Waals surface area contributed by atoms with Gasteiger partial charge in [0.05, 0.1) is 17.8 Å². The van der Waals surface area contributed by atoms with Gasteiger partial charge in [-0.15, -0.1) is 0 Å². The molecule has 1 aromatic heterocycles. The summed E-state index contributed by atoms with van der Waals surface area (Å²) in [5.41, 5.74) is 1.26. The minimum absolute atomic E-state index is 0.0426. The first-order valence-electron chi connectivity index (χ1n) is 5.12. The van der Waals surface area contributed by atoms with E-state index in [0.717, 1.165) is 0 Å². The maximum atomic E-state index is 12.8. The first-order chi connectivity index (χ1) is 8.61. The third-order valence-electron chi connectivity index (χ3n) is 2.36. The van der Waals surface area contributed by atoms with Crippen LogP contribution in [-0.2, 0) is 4.74 Å². The van der Waals surface area contributed by atoms with Crippen LogP contribution in [0.25, 0.3) is 11.3 Å². The second-order valence-electron chi connectivity index (χ2n) is 3.53. The Balaban J connectivity index is 2.46. The van der Waals surface area contributed by atoms with Crippen LogP contribution >= 0.6 is 11.6 Å². The Morgan fingerprint density at radius 3 is 2.50 bits per heavy atom. The van der Waals surface area contributed by atoms with Gasteiger partial charge < -0.3 is 4.74 Å². The SMILES string of the molecule is COC(=O)c1nc(-c2ccc(F)cc2)ccc1Cl. The molecule has 1 aromatic carbocycles. The normalized spacial score (nSPS) is 10.2. The zero-order valence-electron chi connectivity index (χ0n) is 9.48. The number of hydrogen-bond donors (Lipinski definition) is 0. The molecule has 0 unspecified atom stereocenters. The molecule has 0 amide bonds. The highest BCUT2D eigenvalue weighted by atomic mass is 35.5. The summed E-state index contributed by atoms with van der Waals surface area (Å²) >= 11 is 5.86. The van der Waals surface area contributed by atoms with Crippen molar-refractivity contribution < 1.29 is 13.9 Å². The zero-order valence-corrected chi connectivity index (χ0v) is 10.2. The Morgan fingerprint density at radius 1 is 1.22 bits per heavy atom. The van der Waals surface area contributed by atoms with Crippen molar-refractivity contribution in [3.05, 3.63) is 52.9 Å². The van der Waals surface area contributed by atoms with E-state index in [1.165, 1.54) is 19.2 Å². The van der Waals surface area contributed by atoms with E-state index in [4.69, 9.17) is 11.6 Å². The maximum Gasteiger partial charge on any atom is 0.358 e. The first-order valence-corrected chi connectivity index (χ1v) is 5.50. The van der Waals surface area contributed by atoms with Crippen molar-refractivity contribution in [2.24, 2.45) is 0 Å². The zero-order chi connectivity index (χ0) is 13.1. The number of aromatic nitrogens is 1. The number of nitrogens with zero attached hydrogens (tertiary/aromatic N) is 1. The maximum absolute atomic E-state index is 12.8. The van der Waals surface area contributed by atoms with E-state index >= 15 is 0 Å². The number of rotatable bonds is 2. The molecule has 0 fully saturated rings. The second-order valence-corrected chi connectivity index (χ2v) is 3.93. The monoisotopic (exact) mass is 265 g/mol. The van der Waals surface area contributed by atoms with Gasteiger partial charge >= 0.3 is 5.97 Å². The van der Waals surface area contributed by atoms with E-state index in [1.54, 1.807) is 24.3 Å². The average molecular weight is 266 g/mol. The number of benzene rings is 1. The summed E-state index contributed by atoms with van der Waals surface area (Å²) in [5, 5.41) is 0.215. The number of halogens is 2. The van der Waals surface area contributed by atoms with Gasteiger partial charge in [-0.05, 0) is 36.4 Å². The quantitative estimate of drug-likeness (QED) is 0.782. The van der Waals surface area contributed by atoms with Crippen LogP contribution in [-0.4, -0.2) is 18.1 Å². The van der Waals surface area contributed by atoms with Crippen LogP contribution in [0, 0.1) is 5.82 Å². The number of carbonyl (C=O) groups excluding carboxylic acids is 1. The molecule has 0 aliphatic heterocycles. The van der Waals surface area contributed by atoms with Crippen LogP contribution in [0.3, 0.4) is 0 Å². The number of ether oxygens (including phenoxy) is 1. The highest BCUT2D eigenvalue weighted by Gasteiger charge is 2.14. The topological polar surface area (TPSA) is 39.2 Å². The number of carbonyl (C=O) groups is 1. The lowest BCUT2D eigenvalue weighted by Gasteiger charge is -2.05. The van der Waals surface area contributed by atoms with Gasteiger partial charge in [-0.2, -0.15) is 0 Å². The van der Waals surface area contributed by atoms with Crippen molar-refractivity contribution in [2.75, 3.05) is 7.11 Å². The fourth-order valence-corrected chi connectivity index (χ4v) is 1.65. The summed E-state index contributed by atoms with van der Waals surface area (Å²) < 4.78 is 17.4. The summed E-state index contributed by atoms with van der Waals surface area (Å²) in [7, 11) is 1.25. The number of pyridine rings is 1. The van der Waals surface area contributed by atoms with Crippen molar-refractivity contribution in [1.29, 1.82) is 0 Å². The molecule has 5 heteroatoms. The fourth-order valence-electron chi connectivity index (χ4n) is 1.46. The number of esters is 1. The Kier molecular flexibility index (Phi) is 3.58. The molecule has 0 saturated heterocycles. The van der Waals surface area contributed by atoms with E-state index in [-0.39, 0.29) is 16.5 Å². The average Bonchev–Trinajstić information content (AvgIpc) is 2.39.